The average Bonchev–Trinajstić information content (AvgIpc) is 2.39. The van der Waals surface area contributed by atoms with Crippen LogP contribution in [0.25, 0.3) is 0 Å². The maximum Gasteiger partial charge on any atom is 0.134 e. The number of hydrogen-bond donors (Lipinski definition) is 1. The van der Waals surface area contributed by atoms with E-state index in [-0.39, 0.29) is 0 Å². The van der Waals surface area contributed by atoms with Crippen LogP contribution in [0.4, 0.5) is 5.82 Å². The van der Waals surface area contributed by atoms with Crippen molar-refractivity contribution in [1.29, 1.82) is 0 Å². The summed E-state index contributed by atoms with van der Waals surface area (Å²) in [7, 11) is 0. The maximum absolute atomic E-state index is 9.80. The van der Waals surface area contributed by atoms with Crippen LogP contribution in [0.15, 0.2) is 18.3 Å². The van der Waals surface area contributed by atoms with E-state index in [1.807, 2.05) is 12.1 Å². The van der Waals surface area contributed by atoms with Crippen LogP contribution in [0.3, 0.4) is 0 Å². The van der Waals surface area contributed by atoms with Crippen molar-refractivity contribution in [3.63, 3.8) is 0 Å². The highest BCUT2D eigenvalue weighted by Crippen LogP contribution is 2.24. The number of aliphatic hydroxyl groups is 1. The van der Waals surface area contributed by atoms with Crippen LogP contribution >= 0.6 is 0 Å². The number of anilines is 1. The van der Waals surface area contributed by atoms with E-state index < -0.39 is 6.10 Å². The van der Waals surface area contributed by atoms with Crippen LogP contribution in [0.1, 0.15) is 32.4 Å². The molecule has 2 heterocycles. The molecule has 4 nitrogen and oxygen atoms in total. The highest BCUT2D eigenvalue weighted by atomic mass is 16.3. The quantitative estimate of drug-likeness (QED) is 0.884. The fraction of sp³-hybridized carbons (Fsp3) is 0.643. The highest BCUT2D eigenvalue weighted by molar-refractivity contribution is 5.48. The summed E-state index contributed by atoms with van der Waals surface area (Å²) in [4.78, 5) is 9.19. The maximum atomic E-state index is 9.80. The molecule has 2 rings (SSSR count). The summed E-state index contributed by atoms with van der Waals surface area (Å²) in [5.74, 6) is 0.941. The molecule has 0 bridgehead atoms. The number of nitrogens with zero attached hydrogens (tertiary/aromatic N) is 3. The van der Waals surface area contributed by atoms with Crippen LogP contribution in [-0.4, -0.2) is 47.2 Å². The van der Waals surface area contributed by atoms with Crippen molar-refractivity contribution in [3.8, 4) is 0 Å². The van der Waals surface area contributed by atoms with E-state index in [2.05, 4.69) is 28.6 Å². The molecular weight excluding hydrogens is 226 g/mol. The molecule has 1 saturated heterocycles. The Morgan fingerprint density at radius 2 is 1.83 bits per heavy atom. The summed E-state index contributed by atoms with van der Waals surface area (Å²) in [5.41, 5.74) is 0.926. The minimum Gasteiger partial charge on any atom is -0.389 e. The molecule has 18 heavy (non-hydrogen) atoms. The van der Waals surface area contributed by atoms with Crippen molar-refractivity contribution in [2.75, 3.05) is 31.1 Å². The Labute approximate surface area is 109 Å². The molecule has 0 amide bonds. The first-order chi connectivity index (χ1) is 8.59. The Balaban J connectivity index is 2.10. The lowest BCUT2D eigenvalue weighted by Gasteiger charge is -2.38. The molecule has 1 fully saturated rings. The van der Waals surface area contributed by atoms with Gasteiger partial charge in [0.2, 0.25) is 0 Å². The lowest BCUT2D eigenvalue weighted by Crippen LogP contribution is -2.49. The fourth-order valence-corrected chi connectivity index (χ4v) is 2.45. The lowest BCUT2D eigenvalue weighted by atomic mass is 10.1. The van der Waals surface area contributed by atoms with Crippen LogP contribution < -0.4 is 4.90 Å². The van der Waals surface area contributed by atoms with Gasteiger partial charge in [-0.1, -0.05) is 6.07 Å². The molecule has 4 heteroatoms. The van der Waals surface area contributed by atoms with Gasteiger partial charge in [-0.3, -0.25) is 4.90 Å². The minimum absolute atomic E-state index is 0.461. The van der Waals surface area contributed by atoms with Gasteiger partial charge in [-0.05, 0) is 26.8 Å². The molecule has 1 aliphatic heterocycles. The molecule has 1 atom stereocenters. The molecule has 1 aromatic heterocycles. The van der Waals surface area contributed by atoms with Crippen molar-refractivity contribution in [2.45, 2.75) is 32.9 Å². The van der Waals surface area contributed by atoms with Crippen LogP contribution in [0.2, 0.25) is 0 Å². The van der Waals surface area contributed by atoms with Crippen molar-refractivity contribution >= 4 is 5.82 Å². The third-order valence-corrected chi connectivity index (χ3v) is 3.61. The third-order valence-electron chi connectivity index (χ3n) is 3.61. The van der Waals surface area contributed by atoms with Gasteiger partial charge in [0.25, 0.3) is 0 Å². The van der Waals surface area contributed by atoms with Gasteiger partial charge in [0, 0.05) is 44.0 Å². The molecule has 100 valence electrons. The predicted molar refractivity (Wildman–Crippen MR) is 73.8 cm³/mol. The summed E-state index contributed by atoms with van der Waals surface area (Å²) in [6, 6.07) is 4.45. The molecule has 0 saturated carbocycles. The van der Waals surface area contributed by atoms with E-state index in [9.17, 15) is 5.11 Å². The summed E-state index contributed by atoms with van der Waals surface area (Å²) >= 11 is 0. The molecule has 1 aliphatic rings. The largest absolute Gasteiger partial charge is 0.389 e. The molecule has 1 N–H and O–H groups in total. The fourth-order valence-electron chi connectivity index (χ4n) is 2.45. The number of hydrogen-bond acceptors (Lipinski definition) is 4. The standard InChI is InChI=1S/C14H23N3O/c1-11(2)16-7-9-17(10-8-16)14-13(12(3)18)5-4-6-15-14/h4-6,11-12,18H,7-10H2,1-3H3. The van der Waals surface area contributed by atoms with Gasteiger partial charge in [0.1, 0.15) is 5.82 Å². The van der Waals surface area contributed by atoms with Crippen LogP contribution in [0, 0.1) is 0 Å². The van der Waals surface area contributed by atoms with Gasteiger partial charge < -0.3 is 10.0 Å². The predicted octanol–water partition coefficient (Wildman–Crippen LogP) is 1.67. The van der Waals surface area contributed by atoms with Gasteiger partial charge in [0.15, 0.2) is 0 Å². The molecule has 0 aliphatic carbocycles. The van der Waals surface area contributed by atoms with E-state index in [0.717, 1.165) is 37.6 Å². The van der Waals surface area contributed by atoms with Gasteiger partial charge in [-0.2, -0.15) is 0 Å². The van der Waals surface area contributed by atoms with Crippen molar-refractivity contribution in [3.05, 3.63) is 23.9 Å². The topological polar surface area (TPSA) is 39.6 Å². The highest BCUT2D eigenvalue weighted by Gasteiger charge is 2.22. The first kappa shape index (κ1) is 13.3. The smallest absolute Gasteiger partial charge is 0.134 e. The Kier molecular flexibility index (Phi) is 4.19. The zero-order valence-electron chi connectivity index (χ0n) is 11.5. The average molecular weight is 249 g/mol. The summed E-state index contributed by atoms with van der Waals surface area (Å²) < 4.78 is 0. The molecule has 0 aromatic carbocycles. The summed E-state index contributed by atoms with van der Waals surface area (Å²) in [5, 5.41) is 9.80. The van der Waals surface area contributed by atoms with Crippen LogP contribution in [-0.2, 0) is 0 Å². The van der Waals surface area contributed by atoms with Crippen molar-refractivity contribution in [1.82, 2.24) is 9.88 Å². The Morgan fingerprint density at radius 1 is 1.17 bits per heavy atom. The molecule has 0 spiro atoms. The van der Waals surface area contributed by atoms with Crippen molar-refractivity contribution in [2.24, 2.45) is 0 Å². The Bertz CT molecular complexity index is 384. The SMILES string of the molecule is CC(O)c1cccnc1N1CCN(C(C)C)CC1. The van der Waals surface area contributed by atoms with E-state index in [4.69, 9.17) is 0 Å². The van der Waals surface area contributed by atoms with Gasteiger partial charge in [-0.15, -0.1) is 0 Å². The minimum atomic E-state index is -0.461. The number of aromatic nitrogens is 1. The van der Waals surface area contributed by atoms with Crippen molar-refractivity contribution < 1.29 is 5.11 Å². The molecular formula is C14H23N3O. The molecule has 1 aromatic rings. The van der Waals surface area contributed by atoms with Crippen LogP contribution in [0.5, 0.6) is 0 Å². The second-order valence-corrected chi connectivity index (χ2v) is 5.21. The first-order valence-electron chi connectivity index (χ1n) is 6.71. The van der Waals surface area contributed by atoms with E-state index >= 15 is 0 Å². The normalized spacial score (nSPS) is 19.3. The molecule has 1 unspecified atom stereocenters. The van der Waals surface area contributed by atoms with Gasteiger partial charge in [-0.25, -0.2) is 4.98 Å². The summed E-state index contributed by atoms with van der Waals surface area (Å²) in [6.45, 7) is 10.4. The van der Waals surface area contributed by atoms with E-state index in [0.29, 0.717) is 6.04 Å². The second kappa shape index (κ2) is 5.67. The van der Waals surface area contributed by atoms with Gasteiger partial charge >= 0.3 is 0 Å². The zero-order chi connectivity index (χ0) is 13.1. The Hall–Kier alpha value is -1.13. The second-order valence-electron chi connectivity index (χ2n) is 5.21. The van der Waals surface area contributed by atoms with Gasteiger partial charge in [0.05, 0.1) is 6.10 Å². The van der Waals surface area contributed by atoms with E-state index in [1.165, 1.54) is 0 Å². The number of piperazine rings is 1. The lowest BCUT2D eigenvalue weighted by molar-refractivity contribution is 0.195. The molecule has 0 radical (unpaired) electrons. The first-order valence-corrected chi connectivity index (χ1v) is 6.71. The van der Waals surface area contributed by atoms with E-state index in [1.54, 1.807) is 13.1 Å². The number of pyridine rings is 1. The summed E-state index contributed by atoms with van der Waals surface area (Å²) in [6.07, 6.45) is 1.34. The monoisotopic (exact) mass is 249 g/mol. The number of aliphatic hydroxyl groups excluding tert-OH is 1. The third kappa shape index (κ3) is 2.82. The number of rotatable bonds is 3. The zero-order valence-corrected chi connectivity index (χ0v) is 11.5. The Morgan fingerprint density at radius 3 is 2.39 bits per heavy atom.